The second-order valence-corrected chi connectivity index (χ2v) is 7.48. The molecule has 0 aliphatic carbocycles. The van der Waals surface area contributed by atoms with Gasteiger partial charge in [0.2, 0.25) is 0 Å². The van der Waals surface area contributed by atoms with Gasteiger partial charge in [0, 0.05) is 10.8 Å². The quantitative estimate of drug-likeness (QED) is 0.238. The highest BCUT2D eigenvalue weighted by Gasteiger charge is 2.19. The molecule has 0 aliphatic heterocycles. The average molecular weight is 424 g/mol. The molecule has 0 unspecified atom stereocenters. The van der Waals surface area contributed by atoms with Crippen molar-refractivity contribution in [3.63, 3.8) is 0 Å². The zero-order valence-corrected chi connectivity index (χ0v) is 15.7. The van der Waals surface area contributed by atoms with E-state index in [1.165, 1.54) is 12.1 Å². The summed E-state index contributed by atoms with van der Waals surface area (Å²) < 4.78 is 33.2. The van der Waals surface area contributed by atoms with Gasteiger partial charge in [-0.3, -0.25) is 4.55 Å². The van der Waals surface area contributed by atoms with E-state index in [4.69, 9.17) is 29.0 Å². The summed E-state index contributed by atoms with van der Waals surface area (Å²) in [6.07, 6.45) is 0. The maximum atomic E-state index is 11.8. The van der Waals surface area contributed by atoms with E-state index in [0.717, 1.165) is 6.07 Å². The number of rotatable bonds is 4. The standard InChI is InChI=1S/C16H11Cl2N5O3S/c17-12-6-5-9(7-13(12)18)20-21-14-8-15(27(24,25)26)10-3-1-2-4-11(10)16(14)22-23-19/h1-8H,(H2,19,22)(H,24,25,26)/b21-20+. The monoisotopic (exact) mass is 423 g/mol. The summed E-state index contributed by atoms with van der Waals surface area (Å²) in [5, 5.41) is 16.4. The van der Waals surface area contributed by atoms with Crippen LogP contribution in [0.4, 0.5) is 17.1 Å². The van der Waals surface area contributed by atoms with Crippen LogP contribution in [-0.2, 0) is 10.1 Å². The number of nitrogens with two attached hydrogens (primary N) is 1. The van der Waals surface area contributed by atoms with E-state index >= 15 is 0 Å². The van der Waals surface area contributed by atoms with Crippen LogP contribution >= 0.6 is 23.2 Å². The fourth-order valence-corrected chi connectivity index (χ4v) is 3.43. The molecular formula is C16H11Cl2N5O3S. The fourth-order valence-electron chi connectivity index (χ4n) is 2.42. The van der Waals surface area contributed by atoms with E-state index in [1.54, 1.807) is 30.3 Å². The first-order chi connectivity index (χ1) is 12.8. The number of benzene rings is 3. The molecule has 0 heterocycles. The van der Waals surface area contributed by atoms with E-state index < -0.39 is 10.1 Å². The Bertz CT molecular complexity index is 1200. The van der Waals surface area contributed by atoms with Crippen molar-refractivity contribution in [3.05, 3.63) is 58.6 Å². The summed E-state index contributed by atoms with van der Waals surface area (Å²) >= 11 is 11.8. The minimum absolute atomic E-state index is 0.0431. The average Bonchev–Trinajstić information content (AvgIpc) is 2.63. The van der Waals surface area contributed by atoms with Crippen LogP contribution in [-0.4, -0.2) is 13.0 Å². The van der Waals surface area contributed by atoms with Crippen LogP contribution in [0.5, 0.6) is 0 Å². The van der Waals surface area contributed by atoms with Gasteiger partial charge in [-0.15, -0.1) is 10.2 Å². The molecule has 0 radical (unpaired) electrons. The number of azo groups is 1. The molecule has 0 fully saturated rings. The van der Waals surface area contributed by atoms with E-state index in [2.05, 4.69) is 20.6 Å². The number of halogens is 2. The molecule has 0 saturated carbocycles. The first-order valence-electron chi connectivity index (χ1n) is 7.32. The number of hydrogen-bond acceptors (Lipinski definition) is 6. The van der Waals surface area contributed by atoms with Crippen molar-refractivity contribution in [2.24, 2.45) is 26.4 Å². The highest BCUT2D eigenvalue weighted by molar-refractivity contribution is 7.86. The van der Waals surface area contributed by atoms with Crippen LogP contribution in [0.15, 0.2) is 74.0 Å². The molecule has 138 valence electrons. The third kappa shape index (κ3) is 4.06. The van der Waals surface area contributed by atoms with Gasteiger partial charge in [-0.05, 0) is 24.3 Å². The Hall–Kier alpha value is -2.59. The van der Waals surface area contributed by atoms with Gasteiger partial charge in [0.15, 0.2) is 0 Å². The zero-order valence-electron chi connectivity index (χ0n) is 13.4. The molecule has 0 spiro atoms. The van der Waals surface area contributed by atoms with Crippen molar-refractivity contribution in [1.82, 2.24) is 0 Å². The van der Waals surface area contributed by atoms with Gasteiger partial charge in [0.05, 0.1) is 15.7 Å². The number of fused-ring (bicyclic) bond motifs is 1. The van der Waals surface area contributed by atoms with Crippen LogP contribution in [0.2, 0.25) is 10.0 Å². The molecule has 0 atom stereocenters. The topological polar surface area (TPSA) is 130 Å². The normalized spacial score (nSPS) is 12.4. The van der Waals surface area contributed by atoms with Gasteiger partial charge in [0.1, 0.15) is 16.3 Å². The molecule has 3 aromatic carbocycles. The predicted molar refractivity (Wildman–Crippen MR) is 103 cm³/mol. The zero-order chi connectivity index (χ0) is 19.6. The summed E-state index contributed by atoms with van der Waals surface area (Å²) in [4.78, 5) is -0.336. The maximum Gasteiger partial charge on any atom is 0.295 e. The van der Waals surface area contributed by atoms with Crippen molar-refractivity contribution in [1.29, 1.82) is 0 Å². The van der Waals surface area contributed by atoms with Crippen molar-refractivity contribution < 1.29 is 13.0 Å². The molecule has 27 heavy (non-hydrogen) atoms. The van der Waals surface area contributed by atoms with Crippen LogP contribution in [0.3, 0.4) is 0 Å². The summed E-state index contributed by atoms with van der Waals surface area (Å²) in [6, 6.07) is 12.2. The van der Waals surface area contributed by atoms with Crippen molar-refractivity contribution in [3.8, 4) is 0 Å². The molecular weight excluding hydrogens is 413 g/mol. The lowest BCUT2D eigenvalue weighted by Crippen LogP contribution is -1.99. The molecule has 3 rings (SSSR count). The van der Waals surface area contributed by atoms with E-state index in [1.807, 2.05) is 0 Å². The summed E-state index contributed by atoms with van der Waals surface area (Å²) in [7, 11) is -4.52. The minimum Gasteiger partial charge on any atom is -0.305 e. The van der Waals surface area contributed by atoms with Crippen LogP contribution < -0.4 is 5.84 Å². The summed E-state index contributed by atoms with van der Waals surface area (Å²) in [5.41, 5.74) is 0.618. The lowest BCUT2D eigenvalue weighted by molar-refractivity contribution is 0.484. The summed E-state index contributed by atoms with van der Waals surface area (Å²) in [5.74, 6) is 5.17. The molecule has 11 heteroatoms. The Morgan fingerprint density at radius 1 is 0.889 bits per heavy atom. The highest BCUT2D eigenvalue weighted by Crippen LogP contribution is 2.41. The molecule has 8 nitrogen and oxygen atoms in total. The van der Waals surface area contributed by atoms with Gasteiger partial charge in [-0.25, -0.2) is 0 Å². The van der Waals surface area contributed by atoms with Gasteiger partial charge in [-0.2, -0.15) is 13.5 Å². The second kappa shape index (κ2) is 7.57. The minimum atomic E-state index is -4.52. The second-order valence-electron chi connectivity index (χ2n) is 5.28. The molecule has 3 aromatic rings. The van der Waals surface area contributed by atoms with Gasteiger partial charge in [0.25, 0.3) is 10.1 Å². The Kier molecular flexibility index (Phi) is 5.38. The molecule has 0 aromatic heterocycles. The lowest BCUT2D eigenvalue weighted by Gasteiger charge is -2.08. The van der Waals surface area contributed by atoms with E-state index in [-0.39, 0.29) is 26.7 Å². The number of hydrogen-bond donors (Lipinski definition) is 2. The van der Waals surface area contributed by atoms with E-state index in [0.29, 0.717) is 16.1 Å². The van der Waals surface area contributed by atoms with Crippen molar-refractivity contribution in [2.75, 3.05) is 0 Å². The molecule has 0 saturated heterocycles. The third-order valence-electron chi connectivity index (χ3n) is 3.57. The maximum absolute atomic E-state index is 11.8. The Balaban J connectivity index is 2.26. The Morgan fingerprint density at radius 2 is 1.59 bits per heavy atom. The molecule has 0 amide bonds. The first kappa shape index (κ1) is 19.2. The van der Waals surface area contributed by atoms with Crippen molar-refractivity contribution in [2.45, 2.75) is 4.90 Å². The number of nitrogens with zero attached hydrogens (tertiary/aromatic N) is 4. The van der Waals surface area contributed by atoms with Crippen LogP contribution in [0.1, 0.15) is 0 Å². The Labute approximate surface area is 164 Å². The van der Waals surface area contributed by atoms with Crippen LogP contribution in [0, 0.1) is 0 Å². The van der Waals surface area contributed by atoms with E-state index in [9.17, 15) is 13.0 Å². The first-order valence-corrected chi connectivity index (χ1v) is 9.52. The highest BCUT2D eigenvalue weighted by atomic mass is 35.5. The SMILES string of the molecule is NN=Nc1c(/N=N/c2ccc(Cl)c(Cl)c2)cc(S(=O)(=O)O)c2ccccc12. The third-order valence-corrected chi connectivity index (χ3v) is 5.20. The molecule has 0 bridgehead atoms. The molecule has 3 N–H and O–H groups in total. The smallest absolute Gasteiger partial charge is 0.295 e. The molecule has 0 aliphatic rings. The van der Waals surface area contributed by atoms with Crippen molar-refractivity contribution >= 4 is 61.2 Å². The van der Waals surface area contributed by atoms with Gasteiger partial charge >= 0.3 is 0 Å². The van der Waals surface area contributed by atoms with Crippen LogP contribution in [0.25, 0.3) is 10.8 Å². The van der Waals surface area contributed by atoms with Gasteiger partial charge in [-0.1, -0.05) is 52.7 Å². The lowest BCUT2D eigenvalue weighted by atomic mass is 10.1. The predicted octanol–water partition coefficient (Wildman–Crippen LogP) is 5.77. The summed E-state index contributed by atoms with van der Waals surface area (Å²) in [6.45, 7) is 0. The van der Waals surface area contributed by atoms with Gasteiger partial charge < -0.3 is 5.84 Å². The Morgan fingerprint density at radius 3 is 2.22 bits per heavy atom. The fraction of sp³-hybridized carbons (Fsp3) is 0. The largest absolute Gasteiger partial charge is 0.305 e.